The van der Waals surface area contributed by atoms with Crippen LogP contribution in [0.3, 0.4) is 0 Å². The Morgan fingerprint density at radius 1 is 1.02 bits per heavy atom. The van der Waals surface area contributed by atoms with Crippen molar-refractivity contribution in [2.45, 2.75) is 46.2 Å². The van der Waals surface area contributed by atoms with Crippen LogP contribution in [0.5, 0.6) is 11.5 Å². The number of carbonyl (C=O) groups excluding carboxylic acids is 1. The lowest BCUT2D eigenvalue weighted by Crippen LogP contribution is -2.40. The minimum Gasteiger partial charge on any atom is -0.493 e. The molecule has 236 valence electrons. The van der Waals surface area contributed by atoms with Gasteiger partial charge in [0.1, 0.15) is 6.04 Å². The van der Waals surface area contributed by atoms with Gasteiger partial charge >= 0.3 is 5.97 Å². The van der Waals surface area contributed by atoms with E-state index >= 15 is 0 Å². The average Bonchev–Trinajstić information content (AvgIpc) is 3.60. The molecule has 3 aromatic carbocycles. The van der Waals surface area contributed by atoms with Crippen LogP contribution in [-0.4, -0.2) is 35.4 Å². The second-order valence-electron chi connectivity index (χ2n) is 11.3. The molecule has 3 heterocycles. The van der Waals surface area contributed by atoms with Gasteiger partial charge in [-0.15, -0.1) is 0 Å². The lowest BCUT2D eigenvalue weighted by Gasteiger charge is -2.27. The summed E-state index contributed by atoms with van der Waals surface area (Å²) in [6, 6.07) is 22.6. The number of hydrogen-bond donors (Lipinski definition) is 0. The van der Waals surface area contributed by atoms with Crippen molar-refractivity contribution in [1.29, 1.82) is 0 Å². The lowest BCUT2D eigenvalue weighted by atomic mass is 9.92. The highest BCUT2D eigenvalue weighted by Crippen LogP contribution is 2.42. The minimum absolute atomic E-state index is 0.165. The van der Waals surface area contributed by atoms with Crippen molar-refractivity contribution in [1.82, 2.24) is 9.13 Å². The number of fused-ring (bicyclic) bond motifs is 2. The molecule has 6 rings (SSSR count). The molecule has 8 nitrogen and oxygen atoms in total. The van der Waals surface area contributed by atoms with Crippen molar-refractivity contribution in [3.8, 4) is 11.5 Å². The average molecular weight is 636 g/mol. The molecule has 0 aliphatic carbocycles. The third kappa shape index (κ3) is 5.56. The molecule has 46 heavy (non-hydrogen) atoms. The summed E-state index contributed by atoms with van der Waals surface area (Å²) < 4.78 is 21.9. The highest BCUT2D eigenvalue weighted by molar-refractivity contribution is 7.07. The normalized spacial score (nSPS) is 14.8. The van der Waals surface area contributed by atoms with Crippen molar-refractivity contribution >= 4 is 40.0 Å². The quantitative estimate of drug-likeness (QED) is 0.169. The molecule has 0 bridgehead atoms. The Morgan fingerprint density at radius 3 is 2.50 bits per heavy atom. The van der Waals surface area contributed by atoms with Crippen LogP contribution < -0.4 is 24.4 Å². The van der Waals surface area contributed by atoms with Crippen molar-refractivity contribution in [3.63, 3.8) is 0 Å². The number of para-hydroxylation sites is 2. The van der Waals surface area contributed by atoms with Crippen molar-refractivity contribution < 1.29 is 19.0 Å². The molecule has 1 aliphatic rings. The Kier molecular flexibility index (Phi) is 8.94. The fourth-order valence-electron chi connectivity index (χ4n) is 5.92. The molecule has 0 spiro atoms. The van der Waals surface area contributed by atoms with Gasteiger partial charge in [-0.05, 0) is 45.4 Å². The van der Waals surface area contributed by atoms with Gasteiger partial charge < -0.3 is 18.8 Å². The van der Waals surface area contributed by atoms with Gasteiger partial charge in [0.25, 0.3) is 5.56 Å². The van der Waals surface area contributed by atoms with Crippen LogP contribution in [0.2, 0.25) is 0 Å². The summed E-state index contributed by atoms with van der Waals surface area (Å²) in [6.07, 6.45) is 4.78. The number of aromatic nitrogens is 2. The largest absolute Gasteiger partial charge is 0.493 e. The van der Waals surface area contributed by atoms with E-state index in [4.69, 9.17) is 19.2 Å². The van der Waals surface area contributed by atoms with Gasteiger partial charge in [-0.2, -0.15) is 0 Å². The van der Waals surface area contributed by atoms with Crippen LogP contribution in [0.25, 0.3) is 22.7 Å². The van der Waals surface area contributed by atoms with Crippen molar-refractivity contribution in [2.24, 2.45) is 4.99 Å². The summed E-state index contributed by atoms with van der Waals surface area (Å²) in [6.45, 7) is 8.65. The molecule has 1 aliphatic heterocycles. The van der Waals surface area contributed by atoms with E-state index in [0.717, 1.165) is 28.5 Å². The monoisotopic (exact) mass is 635 g/mol. The maximum atomic E-state index is 14.6. The predicted octanol–water partition coefficient (Wildman–Crippen LogP) is 6.27. The molecule has 5 aromatic rings. The molecule has 2 aromatic heterocycles. The predicted molar refractivity (Wildman–Crippen MR) is 182 cm³/mol. The van der Waals surface area contributed by atoms with Crippen molar-refractivity contribution in [2.75, 3.05) is 20.3 Å². The molecular formula is C37H37N3O5S. The molecule has 0 fully saturated rings. The molecule has 0 saturated carbocycles. The van der Waals surface area contributed by atoms with E-state index in [9.17, 15) is 9.59 Å². The maximum absolute atomic E-state index is 14.6. The summed E-state index contributed by atoms with van der Waals surface area (Å²) in [5, 5.41) is 1.05. The van der Waals surface area contributed by atoms with Crippen molar-refractivity contribution in [3.05, 3.63) is 121 Å². The first-order valence-corrected chi connectivity index (χ1v) is 16.4. The number of nitrogens with zero attached hydrogens (tertiary/aromatic N) is 3. The standard InChI is InChI=1S/C37H37N3O5S/c1-6-20-45-34-27(17-13-19-29(34)43-5)33-31(36(42)44-7-2)32(24-14-9-8-10-15-24)38-37-40(33)35(41)30(46-37)21-25-22-39(23(3)4)28-18-12-11-16-26(25)28/h8-19,21-23,33H,6-7,20H2,1-5H3/b30-21+/t33-/m0/s1. The van der Waals surface area contributed by atoms with Crippen LogP contribution in [0.15, 0.2) is 94.4 Å². The molecule has 9 heteroatoms. The zero-order chi connectivity index (χ0) is 32.4. The Labute approximate surface area is 271 Å². The number of hydrogen-bond acceptors (Lipinski definition) is 7. The molecule has 0 radical (unpaired) electrons. The number of rotatable bonds is 10. The fourth-order valence-corrected chi connectivity index (χ4v) is 6.91. The highest BCUT2D eigenvalue weighted by Gasteiger charge is 2.37. The first-order valence-electron chi connectivity index (χ1n) is 15.6. The number of esters is 1. The van der Waals surface area contributed by atoms with E-state index < -0.39 is 12.0 Å². The van der Waals surface area contributed by atoms with E-state index in [-0.39, 0.29) is 23.8 Å². The van der Waals surface area contributed by atoms with Crippen LogP contribution >= 0.6 is 11.3 Å². The van der Waals surface area contributed by atoms with Gasteiger partial charge in [-0.1, -0.05) is 78.9 Å². The van der Waals surface area contributed by atoms with Crippen LogP contribution in [0.4, 0.5) is 0 Å². The zero-order valence-electron chi connectivity index (χ0n) is 26.7. The SMILES string of the molecule is CCCOc1c(OC)cccc1[C@H]1C(C(=O)OCC)=C(c2ccccc2)N=c2s/c(=C/c3cn(C(C)C)c4ccccc34)c(=O)n21. The number of thiazole rings is 1. The number of ether oxygens (including phenoxy) is 3. The van der Waals surface area contributed by atoms with Gasteiger partial charge in [0.05, 0.1) is 36.1 Å². The number of benzene rings is 3. The zero-order valence-corrected chi connectivity index (χ0v) is 27.5. The molecular weight excluding hydrogens is 598 g/mol. The van der Waals surface area contributed by atoms with E-state index in [2.05, 4.69) is 36.7 Å². The van der Waals surface area contributed by atoms with Crippen LogP contribution in [-0.2, 0) is 9.53 Å². The number of carbonyl (C=O) groups is 1. The Hall–Kier alpha value is -4.89. The van der Waals surface area contributed by atoms with Crippen LogP contribution in [0.1, 0.15) is 62.9 Å². The molecule has 0 saturated heterocycles. The Bertz CT molecular complexity index is 2120. The van der Waals surface area contributed by atoms with E-state index in [1.165, 1.54) is 11.3 Å². The molecule has 0 N–H and O–H groups in total. The fraction of sp³-hybridized carbons (Fsp3) is 0.270. The maximum Gasteiger partial charge on any atom is 0.338 e. The molecule has 1 atom stereocenters. The van der Waals surface area contributed by atoms with Gasteiger partial charge in [0.15, 0.2) is 16.3 Å². The van der Waals surface area contributed by atoms with E-state index in [1.807, 2.05) is 73.7 Å². The topological polar surface area (TPSA) is 84.1 Å². The lowest BCUT2D eigenvalue weighted by molar-refractivity contribution is -0.138. The van der Waals surface area contributed by atoms with E-state index in [0.29, 0.717) is 38.7 Å². The van der Waals surface area contributed by atoms with Gasteiger partial charge in [0, 0.05) is 39.8 Å². The van der Waals surface area contributed by atoms with Crippen LogP contribution in [0, 0.1) is 0 Å². The summed E-state index contributed by atoms with van der Waals surface area (Å²) >= 11 is 1.30. The molecule has 0 amide bonds. The summed E-state index contributed by atoms with van der Waals surface area (Å²) in [4.78, 5) is 34.0. The minimum atomic E-state index is -0.883. The Morgan fingerprint density at radius 2 is 1.78 bits per heavy atom. The van der Waals surface area contributed by atoms with Gasteiger partial charge in [-0.25, -0.2) is 9.79 Å². The third-order valence-corrected chi connectivity index (χ3v) is 8.95. The highest BCUT2D eigenvalue weighted by atomic mass is 32.1. The first-order chi connectivity index (χ1) is 22.4. The van der Waals surface area contributed by atoms with Gasteiger partial charge in [-0.3, -0.25) is 9.36 Å². The smallest absolute Gasteiger partial charge is 0.338 e. The first kappa shape index (κ1) is 31.1. The summed E-state index contributed by atoms with van der Waals surface area (Å²) in [7, 11) is 1.58. The second-order valence-corrected chi connectivity index (χ2v) is 12.3. The van der Waals surface area contributed by atoms with E-state index in [1.54, 1.807) is 18.6 Å². The summed E-state index contributed by atoms with van der Waals surface area (Å²) in [5.74, 6) is 0.437. The van der Waals surface area contributed by atoms with Gasteiger partial charge in [0.2, 0.25) is 0 Å². The third-order valence-electron chi connectivity index (χ3n) is 7.96. The molecule has 0 unspecified atom stereocenters. The summed E-state index contributed by atoms with van der Waals surface area (Å²) in [5.41, 5.74) is 3.85. The Balaban J connectivity index is 1.69. The number of methoxy groups -OCH3 is 1. The second kappa shape index (κ2) is 13.2.